The average molecular weight is 215 g/mol. The standard InChI is InChI=1S/C10H13ClO.C2H6/c1-7(2)12-10-6-8(3)4-5-9(10)11;1-2/h4-7H,1-3H3;1-2H3. The Morgan fingerprint density at radius 1 is 1.21 bits per heavy atom. The molecule has 0 aromatic heterocycles. The zero-order chi connectivity index (χ0) is 11.1. The fourth-order valence-electron chi connectivity index (χ4n) is 0.955. The van der Waals surface area contributed by atoms with Gasteiger partial charge in [0.25, 0.3) is 0 Å². The molecule has 0 fully saturated rings. The van der Waals surface area contributed by atoms with E-state index in [1.807, 2.05) is 52.8 Å². The first kappa shape index (κ1) is 13.3. The zero-order valence-electron chi connectivity index (χ0n) is 9.60. The van der Waals surface area contributed by atoms with Crippen molar-refractivity contribution in [1.29, 1.82) is 0 Å². The molecule has 1 rings (SSSR count). The van der Waals surface area contributed by atoms with Gasteiger partial charge in [0.05, 0.1) is 11.1 Å². The van der Waals surface area contributed by atoms with Crippen LogP contribution in [0.2, 0.25) is 5.02 Å². The van der Waals surface area contributed by atoms with E-state index in [-0.39, 0.29) is 6.10 Å². The van der Waals surface area contributed by atoms with Crippen LogP contribution in [-0.4, -0.2) is 6.10 Å². The fraction of sp³-hybridized carbons (Fsp3) is 0.500. The highest BCUT2D eigenvalue weighted by Crippen LogP contribution is 2.25. The Hall–Kier alpha value is -0.690. The lowest BCUT2D eigenvalue weighted by Crippen LogP contribution is -2.05. The van der Waals surface area contributed by atoms with Gasteiger partial charge < -0.3 is 4.74 Å². The molecule has 1 aromatic rings. The van der Waals surface area contributed by atoms with Crippen LogP contribution < -0.4 is 4.74 Å². The van der Waals surface area contributed by atoms with Crippen molar-refractivity contribution >= 4 is 11.6 Å². The Kier molecular flexibility index (Phi) is 6.39. The number of hydrogen-bond acceptors (Lipinski definition) is 1. The van der Waals surface area contributed by atoms with Gasteiger partial charge in [0.2, 0.25) is 0 Å². The lowest BCUT2D eigenvalue weighted by molar-refractivity contribution is 0.242. The van der Waals surface area contributed by atoms with E-state index in [4.69, 9.17) is 16.3 Å². The van der Waals surface area contributed by atoms with Crippen LogP contribution in [0.1, 0.15) is 33.3 Å². The number of benzene rings is 1. The summed E-state index contributed by atoms with van der Waals surface area (Å²) in [6.45, 7) is 9.99. The molecule has 0 N–H and O–H groups in total. The fourth-order valence-corrected chi connectivity index (χ4v) is 1.12. The molecule has 0 aliphatic rings. The highest BCUT2D eigenvalue weighted by molar-refractivity contribution is 6.32. The van der Waals surface area contributed by atoms with Crippen LogP contribution in [0.25, 0.3) is 0 Å². The summed E-state index contributed by atoms with van der Waals surface area (Å²) >= 11 is 5.92. The molecule has 2 heteroatoms. The molecule has 0 aliphatic carbocycles. The Bertz CT molecular complexity index is 269. The van der Waals surface area contributed by atoms with Gasteiger partial charge in [-0.05, 0) is 38.5 Å². The van der Waals surface area contributed by atoms with Crippen molar-refractivity contribution in [3.63, 3.8) is 0 Å². The largest absolute Gasteiger partial charge is 0.489 e. The number of rotatable bonds is 2. The van der Waals surface area contributed by atoms with Gasteiger partial charge in [-0.1, -0.05) is 31.5 Å². The second kappa shape index (κ2) is 6.72. The third kappa shape index (κ3) is 4.52. The molecular formula is C12H19ClO. The minimum Gasteiger partial charge on any atom is -0.489 e. The Labute approximate surface area is 92.0 Å². The zero-order valence-corrected chi connectivity index (χ0v) is 10.4. The van der Waals surface area contributed by atoms with E-state index >= 15 is 0 Å². The van der Waals surface area contributed by atoms with Crippen molar-refractivity contribution < 1.29 is 4.74 Å². The Morgan fingerprint density at radius 2 is 1.79 bits per heavy atom. The number of ether oxygens (including phenoxy) is 1. The van der Waals surface area contributed by atoms with Crippen LogP contribution in [0.15, 0.2) is 18.2 Å². The van der Waals surface area contributed by atoms with Gasteiger partial charge in [0, 0.05) is 0 Å². The van der Waals surface area contributed by atoms with Gasteiger partial charge in [-0.15, -0.1) is 0 Å². The predicted molar refractivity (Wildman–Crippen MR) is 63.3 cm³/mol. The summed E-state index contributed by atoms with van der Waals surface area (Å²) in [7, 11) is 0. The normalized spacial score (nSPS) is 9.36. The molecule has 80 valence electrons. The summed E-state index contributed by atoms with van der Waals surface area (Å²) in [5, 5.41) is 0.675. The quantitative estimate of drug-likeness (QED) is 0.706. The van der Waals surface area contributed by atoms with Gasteiger partial charge in [-0.2, -0.15) is 0 Å². The van der Waals surface area contributed by atoms with Crippen LogP contribution in [0.5, 0.6) is 5.75 Å². The molecule has 0 atom stereocenters. The first-order chi connectivity index (χ1) is 6.59. The molecule has 14 heavy (non-hydrogen) atoms. The first-order valence-corrected chi connectivity index (χ1v) is 5.40. The lowest BCUT2D eigenvalue weighted by atomic mass is 10.2. The maximum Gasteiger partial charge on any atom is 0.138 e. The maximum absolute atomic E-state index is 5.92. The molecule has 0 unspecified atom stereocenters. The van der Waals surface area contributed by atoms with Crippen LogP contribution in [0.3, 0.4) is 0 Å². The SMILES string of the molecule is CC.Cc1ccc(Cl)c(OC(C)C)c1. The Balaban J connectivity index is 0.000000791. The highest BCUT2D eigenvalue weighted by Gasteiger charge is 2.02. The second-order valence-corrected chi connectivity index (χ2v) is 3.51. The van der Waals surface area contributed by atoms with Crippen LogP contribution in [-0.2, 0) is 0 Å². The van der Waals surface area contributed by atoms with Crippen LogP contribution in [0.4, 0.5) is 0 Å². The maximum atomic E-state index is 5.92. The van der Waals surface area contributed by atoms with Crippen molar-refractivity contribution in [2.24, 2.45) is 0 Å². The van der Waals surface area contributed by atoms with Crippen LogP contribution in [0, 0.1) is 6.92 Å². The molecule has 0 saturated carbocycles. The smallest absolute Gasteiger partial charge is 0.138 e. The first-order valence-electron chi connectivity index (χ1n) is 5.02. The average Bonchev–Trinajstić information content (AvgIpc) is 2.14. The molecule has 0 heterocycles. The van der Waals surface area contributed by atoms with Crippen molar-refractivity contribution in [3.8, 4) is 5.75 Å². The summed E-state index contributed by atoms with van der Waals surface area (Å²) in [5.41, 5.74) is 1.16. The molecular weight excluding hydrogens is 196 g/mol. The minimum atomic E-state index is 0.171. The van der Waals surface area contributed by atoms with Crippen molar-refractivity contribution in [3.05, 3.63) is 28.8 Å². The summed E-state index contributed by atoms with van der Waals surface area (Å²) in [5.74, 6) is 0.770. The molecule has 0 bridgehead atoms. The van der Waals surface area contributed by atoms with E-state index in [0.29, 0.717) is 5.02 Å². The molecule has 0 amide bonds. The second-order valence-electron chi connectivity index (χ2n) is 3.10. The lowest BCUT2D eigenvalue weighted by Gasteiger charge is -2.11. The highest BCUT2D eigenvalue weighted by atomic mass is 35.5. The monoisotopic (exact) mass is 214 g/mol. The Morgan fingerprint density at radius 3 is 2.29 bits per heavy atom. The van der Waals surface area contributed by atoms with Crippen molar-refractivity contribution in [2.75, 3.05) is 0 Å². The number of halogens is 1. The van der Waals surface area contributed by atoms with E-state index in [0.717, 1.165) is 11.3 Å². The van der Waals surface area contributed by atoms with E-state index in [1.54, 1.807) is 0 Å². The molecule has 0 radical (unpaired) electrons. The predicted octanol–water partition coefficient (Wildman–Crippen LogP) is 4.46. The van der Waals surface area contributed by atoms with E-state index in [2.05, 4.69) is 0 Å². The van der Waals surface area contributed by atoms with Gasteiger partial charge in [-0.3, -0.25) is 0 Å². The third-order valence-corrected chi connectivity index (χ3v) is 1.76. The van der Waals surface area contributed by atoms with E-state index in [1.165, 1.54) is 0 Å². The molecule has 0 aliphatic heterocycles. The molecule has 0 spiro atoms. The van der Waals surface area contributed by atoms with Gasteiger partial charge >= 0.3 is 0 Å². The summed E-state index contributed by atoms with van der Waals surface area (Å²) in [6.07, 6.45) is 0.171. The van der Waals surface area contributed by atoms with Crippen molar-refractivity contribution in [2.45, 2.75) is 40.7 Å². The number of hydrogen-bond donors (Lipinski definition) is 0. The third-order valence-electron chi connectivity index (χ3n) is 1.45. The minimum absolute atomic E-state index is 0.171. The molecule has 0 saturated heterocycles. The van der Waals surface area contributed by atoms with E-state index in [9.17, 15) is 0 Å². The summed E-state index contributed by atoms with van der Waals surface area (Å²) < 4.78 is 5.49. The topological polar surface area (TPSA) is 9.23 Å². The number of aryl methyl sites for hydroxylation is 1. The molecule has 1 aromatic carbocycles. The van der Waals surface area contributed by atoms with E-state index < -0.39 is 0 Å². The van der Waals surface area contributed by atoms with Gasteiger partial charge in [0.1, 0.15) is 5.75 Å². The van der Waals surface area contributed by atoms with Crippen LogP contribution >= 0.6 is 11.6 Å². The summed E-state index contributed by atoms with van der Waals surface area (Å²) in [4.78, 5) is 0. The van der Waals surface area contributed by atoms with Gasteiger partial charge in [-0.25, -0.2) is 0 Å². The summed E-state index contributed by atoms with van der Waals surface area (Å²) in [6, 6.07) is 5.77. The van der Waals surface area contributed by atoms with Crippen molar-refractivity contribution in [1.82, 2.24) is 0 Å². The van der Waals surface area contributed by atoms with Gasteiger partial charge in [0.15, 0.2) is 0 Å². The molecule has 1 nitrogen and oxygen atoms in total.